The second-order valence-electron chi connectivity index (χ2n) is 5.92. The summed E-state index contributed by atoms with van der Waals surface area (Å²) >= 11 is 0. The number of hydrogen-bond acceptors (Lipinski definition) is 3. The molecule has 1 amide bonds. The largest absolute Gasteiger partial charge is 0.481 e. The minimum absolute atomic E-state index is 0.212. The fourth-order valence-electron chi connectivity index (χ4n) is 1.83. The summed E-state index contributed by atoms with van der Waals surface area (Å²) in [7, 11) is 0. The van der Waals surface area contributed by atoms with Gasteiger partial charge in [-0.3, -0.25) is 4.79 Å². The van der Waals surface area contributed by atoms with Gasteiger partial charge in [0.25, 0.3) is 0 Å². The van der Waals surface area contributed by atoms with E-state index in [1.807, 2.05) is 0 Å². The van der Waals surface area contributed by atoms with E-state index in [0.717, 1.165) is 0 Å². The molecule has 0 radical (unpaired) electrons. The Morgan fingerprint density at radius 1 is 1.17 bits per heavy atom. The van der Waals surface area contributed by atoms with E-state index in [2.05, 4.69) is 5.32 Å². The van der Waals surface area contributed by atoms with Gasteiger partial charge in [0.1, 0.15) is 11.4 Å². The number of rotatable bonds is 5. The Morgan fingerprint density at radius 3 is 2.26 bits per heavy atom. The number of nitrogens with one attached hydrogen (secondary N) is 1. The Hall–Kier alpha value is -2.25. The summed E-state index contributed by atoms with van der Waals surface area (Å²) in [5.41, 5.74) is -1.18. The molecule has 1 atom stereocenters. The van der Waals surface area contributed by atoms with Crippen molar-refractivity contribution in [2.45, 2.75) is 45.3 Å². The molecule has 0 aliphatic rings. The van der Waals surface area contributed by atoms with Crippen molar-refractivity contribution in [3.8, 4) is 0 Å². The third-order valence-corrected chi connectivity index (χ3v) is 2.75. The Labute approximate surface area is 131 Å². The molecular weight excluding hydrogens is 315 g/mol. The zero-order valence-corrected chi connectivity index (χ0v) is 13.0. The van der Waals surface area contributed by atoms with Gasteiger partial charge in [0.2, 0.25) is 0 Å². The van der Waals surface area contributed by atoms with Crippen LogP contribution >= 0.6 is 0 Å². The number of carbonyl (C=O) groups excluding carboxylic acids is 1. The highest BCUT2D eigenvalue weighted by Gasteiger charge is 2.24. The van der Waals surface area contributed by atoms with E-state index in [0.29, 0.717) is 12.1 Å². The molecule has 0 spiro atoms. The van der Waals surface area contributed by atoms with Crippen LogP contribution in [0.2, 0.25) is 0 Å². The van der Waals surface area contributed by atoms with Gasteiger partial charge in [0.05, 0.1) is 6.04 Å². The number of alkyl carbamates (subject to hydrolysis) is 1. The average Bonchev–Trinajstić information content (AvgIpc) is 2.36. The highest BCUT2D eigenvalue weighted by molar-refractivity contribution is 5.69. The van der Waals surface area contributed by atoms with Crippen molar-refractivity contribution in [1.82, 2.24) is 5.32 Å². The molecule has 1 rings (SSSR count). The molecule has 0 saturated carbocycles. The molecule has 0 fully saturated rings. The first-order valence-corrected chi connectivity index (χ1v) is 6.85. The number of amides is 1. The van der Waals surface area contributed by atoms with Crippen molar-refractivity contribution in [2.75, 3.05) is 0 Å². The van der Waals surface area contributed by atoms with Gasteiger partial charge >= 0.3 is 12.1 Å². The predicted molar refractivity (Wildman–Crippen MR) is 75.3 cm³/mol. The molecular formula is C15H18F3NO4. The van der Waals surface area contributed by atoms with Crippen molar-refractivity contribution < 1.29 is 32.6 Å². The first kappa shape index (κ1) is 18.8. The van der Waals surface area contributed by atoms with Crippen LogP contribution in [0.4, 0.5) is 18.0 Å². The average molecular weight is 333 g/mol. The molecule has 128 valence electrons. The third-order valence-electron chi connectivity index (χ3n) is 2.75. The predicted octanol–water partition coefficient (Wildman–Crippen LogP) is 3.53. The molecule has 0 aromatic heterocycles. The molecule has 0 heterocycles. The number of ether oxygens (including phenoxy) is 1. The molecule has 2 N–H and O–H groups in total. The van der Waals surface area contributed by atoms with Crippen LogP contribution in [0.5, 0.6) is 0 Å². The van der Waals surface area contributed by atoms with Crippen LogP contribution in [-0.4, -0.2) is 22.8 Å². The highest BCUT2D eigenvalue weighted by atomic mass is 19.2. The maximum absolute atomic E-state index is 13.8. The van der Waals surface area contributed by atoms with Crippen LogP contribution in [0.1, 0.15) is 45.2 Å². The zero-order valence-electron chi connectivity index (χ0n) is 13.0. The molecule has 0 bridgehead atoms. The first-order chi connectivity index (χ1) is 10.5. The molecule has 0 aliphatic carbocycles. The number of carboxylic acids is 1. The Balaban J connectivity index is 3.03. The van der Waals surface area contributed by atoms with E-state index in [-0.39, 0.29) is 12.0 Å². The Bertz CT molecular complexity index is 599. The van der Waals surface area contributed by atoms with E-state index < -0.39 is 47.6 Å². The SMILES string of the molecule is CC(C)(C)OC(=O)NC(CCC(=O)O)c1cc(F)c(F)cc1F. The summed E-state index contributed by atoms with van der Waals surface area (Å²) in [6, 6.07) is -0.236. The number of carbonyl (C=O) groups is 2. The van der Waals surface area contributed by atoms with Crippen LogP contribution in [0, 0.1) is 17.5 Å². The van der Waals surface area contributed by atoms with Crippen molar-refractivity contribution >= 4 is 12.1 Å². The van der Waals surface area contributed by atoms with Gasteiger partial charge in [-0.25, -0.2) is 18.0 Å². The molecule has 1 aromatic carbocycles. The van der Waals surface area contributed by atoms with Crippen LogP contribution < -0.4 is 5.32 Å². The molecule has 0 saturated heterocycles. The van der Waals surface area contributed by atoms with Gasteiger partial charge in [-0.05, 0) is 33.3 Å². The minimum Gasteiger partial charge on any atom is -0.481 e. The lowest BCUT2D eigenvalue weighted by Gasteiger charge is -2.24. The zero-order chi connectivity index (χ0) is 17.8. The molecule has 1 aromatic rings. The third kappa shape index (κ3) is 6.17. The fraction of sp³-hybridized carbons (Fsp3) is 0.467. The number of carboxylic acid groups (broad SMARTS) is 1. The highest BCUT2D eigenvalue weighted by Crippen LogP contribution is 2.25. The van der Waals surface area contributed by atoms with Gasteiger partial charge in [0, 0.05) is 18.1 Å². The smallest absolute Gasteiger partial charge is 0.408 e. The molecule has 23 heavy (non-hydrogen) atoms. The Kier molecular flexibility index (Phi) is 6.00. The number of benzene rings is 1. The second kappa shape index (κ2) is 7.34. The maximum atomic E-state index is 13.8. The van der Waals surface area contributed by atoms with Crippen molar-refractivity contribution in [2.24, 2.45) is 0 Å². The van der Waals surface area contributed by atoms with Gasteiger partial charge in [0.15, 0.2) is 11.6 Å². The minimum atomic E-state index is -1.37. The summed E-state index contributed by atoms with van der Waals surface area (Å²) in [5, 5.41) is 11.0. The van der Waals surface area contributed by atoms with E-state index in [9.17, 15) is 22.8 Å². The summed E-state index contributed by atoms with van der Waals surface area (Å²) in [6.45, 7) is 4.82. The molecule has 5 nitrogen and oxygen atoms in total. The van der Waals surface area contributed by atoms with Crippen LogP contribution in [0.25, 0.3) is 0 Å². The normalized spacial score (nSPS) is 12.6. The topological polar surface area (TPSA) is 75.6 Å². The standard InChI is InChI=1S/C15H18F3NO4/c1-15(2,3)23-14(22)19-12(4-5-13(20)21)8-6-10(17)11(18)7-9(8)16/h6-7,12H,4-5H2,1-3H3,(H,19,22)(H,20,21). The van der Waals surface area contributed by atoms with Crippen LogP contribution in [0.15, 0.2) is 12.1 Å². The van der Waals surface area contributed by atoms with E-state index >= 15 is 0 Å². The van der Waals surface area contributed by atoms with Crippen molar-refractivity contribution in [3.05, 3.63) is 35.1 Å². The van der Waals surface area contributed by atoms with Crippen LogP contribution in [0.3, 0.4) is 0 Å². The molecule has 8 heteroatoms. The maximum Gasteiger partial charge on any atom is 0.408 e. The monoisotopic (exact) mass is 333 g/mol. The molecule has 0 aliphatic heterocycles. The summed E-state index contributed by atoms with van der Waals surface area (Å²) in [5.74, 6) is -4.94. The second-order valence-corrected chi connectivity index (χ2v) is 5.92. The fourth-order valence-corrected chi connectivity index (χ4v) is 1.83. The van der Waals surface area contributed by atoms with E-state index in [1.165, 1.54) is 0 Å². The lowest BCUT2D eigenvalue weighted by molar-refractivity contribution is -0.137. The quantitative estimate of drug-likeness (QED) is 0.808. The molecule has 1 unspecified atom stereocenters. The van der Waals surface area contributed by atoms with Crippen LogP contribution in [-0.2, 0) is 9.53 Å². The van der Waals surface area contributed by atoms with E-state index in [4.69, 9.17) is 9.84 Å². The van der Waals surface area contributed by atoms with Gasteiger partial charge < -0.3 is 15.2 Å². The summed E-state index contributed by atoms with van der Waals surface area (Å²) < 4.78 is 45.2. The number of aliphatic carboxylic acids is 1. The lowest BCUT2D eigenvalue weighted by Crippen LogP contribution is -2.35. The van der Waals surface area contributed by atoms with E-state index in [1.54, 1.807) is 20.8 Å². The lowest BCUT2D eigenvalue weighted by atomic mass is 10.0. The summed E-state index contributed by atoms with van der Waals surface area (Å²) in [6.07, 6.45) is -1.54. The number of hydrogen-bond donors (Lipinski definition) is 2. The van der Waals surface area contributed by atoms with Gasteiger partial charge in [-0.15, -0.1) is 0 Å². The first-order valence-electron chi connectivity index (χ1n) is 6.85. The van der Waals surface area contributed by atoms with Crippen molar-refractivity contribution in [1.29, 1.82) is 0 Å². The summed E-state index contributed by atoms with van der Waals surface area (Å²) in [4.78, 5) is 22.5. The van der Waals surface area contributed by atoms with Gasteiger partial charge in [-0.2, -0.15) is 0 Å². The number of halogens is 3. The van der Waals surface area contributed by atoms with Crippen molar-refractivity contribution in [3.63, 3.8) is 0 Å². The Morgan fingerprint density at radius 2 is 1.74 bits per heavy atom. The van der Waals surface area contributed by atoms with Gasteiger partial charge in [-0.1, -0.05) is 0 Å².